The predicted octanol–water partition coefficient (Wildman–Crippen LogP) is 2.57. The lowest BCUT2D eigenvalue weighted by Gasteiger charge is -2.30. The Morgan fingerprint density at radius 2 is 2.00 bits per heavy atom. The minimum atomic E-state index is -0.971. The first-order chi connectivity index (χ1) is 12.5. The second-order valence-corrected chi connectivity index (χ2v) is 6.45. The summed E-state index contributed by atoms with van der Waals surface area (Å²) in [4.78, 5) is 30.7. The van der Waals surface area contributed by atoms with Crippen LogP contribution in [0.15, 0.2) is 30.3 Å². The molecule has 0 saturated heterocycles. The largest absolute Gasteiger partial charge is 0.478 e. The van der Waals surface area contributed by atoms with E-state index in [1.807, 2.05) is 13.0 Å². The minimum Gasteiger partial charge on any atom is -0.478 e. The molecule has 4 rings (SSSR count). The number of pyridine rings is 1. The van der Waals surface area contributed by atoms with E-state index in [2.05, 4.69) is 10.1 Å². The SMILES string of the molecule is Cc1nn(C)c2nc(C(=O)N3CCCc4c(C(=O)O)cccc43)ccc12. The van der Waals surface area contributed by atoms with Crippen LogP contribution in [0, 0.1) is 6.92 Å². The molecule has 26 heavy (non-hydrogen) atoms. The minimum absolute atomic E-state index is 0.228. The molecule has 7 nitrogen and oxygen atoms in total. The van der Waals surface area contributed by atoms with Crippen molar-refractivity contribution in [2.45, 2.75) is 19.8 Å². The molecule has 3 aromatic rings. The Hall–Kier alpha value is -3.22. The Kier molecular flexibility index (Phi) is 3.72. The van der Waals surface area contributed by atoms with E-state index in [4.69, 9.17) is 0 Å². The molecule has 0 atom stereocenters. The third-order valence-electron chi connectivity index (χ3n) is 4.82. The molecular weight excluding hydrogens is 332 g/mol. The fourth-order valence-electron chi connectivity index (χ4n) is 3.60. The highest BCUT2D eigenvalue weighted by molar-refractivity contribution is 6.07. The van der Waals surface area contributed by atoms with Crippen molar-refractivity contribution in [2.24, 2.45) is 7.05 Å². The van der Waals surface area contributed by atoms with Crippen LogP contribution >= 0.6 is 0 Å². The van der Waals surface area contributed by atoms with Crippen LogP contribution in [0.3, 0.4) is 0 Å². The molecular formula is C19H18N4O3. The van der Waals surface area contributed by atoms with Gasteiger partial charge in [-0.25, -0.2) is 9.78 Å². The van der Waals surface area contributed by atoms with E-state index in [1.165, 1.54) is 0 Å². The van der Waals surface area contributed by atoms with Crippen LogP contribution in [-0.4, -0.2) is 38.3 Å². The van der Waals surface area contributed by atoms with Crippen LogP contribution in [0.5, 0.6) is 0 Å². The number of aromatic nitrogens is 3. The van der Waals surface area contributed by atoms with Gasteiger partial charge in [-0.05, 0) is 49.6 Å². The van der Waals surface area contributed by atoms with Gasteiger partial charge in [0.15, 0.2) is 5.65 Å². The van der Waals surface area contributed by atoms with Crippen LogP contribution in [0.4, 0.5) is 5.69 Å². The van der Waals surface area contributed by atoms with E-state index in [-0.39, 0.29) is 11.5 Å². The molecule has 1 amide bonds. The average molecular weight is 350 g/mol. The highest BCUT2D eigenvalue weighted by atomic mass is 16.4. The van der Waals surface area contributed by atoms with Gasteiger partial charge in [0.1, 0.15) is 5.69 Å². The predicted molar refractivity (Wildman–Crippen MR) is 96.6 cm³/mol. The quantitative estimate of drug-likeness (QED) is 0.767. The number of amides is 1. The summed E-state index contributed by atoms with van der Waals surface area (Å²) in [5.74, 6) is -1.20. The zero-order chi connectivity index (χ0) is 18.4. The molecule has 2 aromatic heterocycles. The summed E-state index contributed by atoms with van der Waals surface area (Å²) in [7, 11) is 1.80. The standard InChI is InChI=1S/C19H18N4O3/c1-11-12-8-9-15(20-17(12)22(2)21-11)18(24)23-10-4-6-13-14(19(25)26)5-3-7-16(13)23/h3,5,7-9H,4,6,10H2,1-2H3,(H,25,26). The normalized spacial score (nSPS) is 13.7. The maximum atomic E-state index is 13.1. The van der Waals surface area contributed by atoms with Gasteiger partial charge in [0.2, 0.25) is 0 Å². The van der Waals surface area contributed by atoms with Gasteiger partial charge in [0.25, 0.3) is 5.91 Å². The van der Waals surface area contributed by atoms with E-state index < -0.39 is 5.97 Å². The molecule has 132 valence electrons. The van der Waals surface area contributed by atoms with Crippen molar-refractivity contribution in [1.29, 1.82) is 0 Å². The number of carbonyl (C=O) groups is 2. The fraction of sp³-hybridized carbons (Fsp3) is 0.263. The topological polar surface area (TPSA) is 88.3 Å². The number of nitrogens with zero attached hydrogens (tertiary/aromatic N) is 4. The molecule has 1 N–H and O–H groups in total. The van der Waals surface area contributed by atoms with Crippen molar-refractivity contribution < 1.29 is 14.7 Å². The van der Waals surface area contributed by atoms with E-state index >= 15 is 0 Å². The van der Waals surface area contributed by atoms with Crippen LogP contribution in [-0.2, 0) is 13.5 Å². The Morgan fingerprint density at radius 3 is 2.77 bits per heavy atom. The van der Waals surface area contributed by atoms with Crippen molar-refractivity contribution in [3.63, 3.8) is 0 Å². The molecule has 0 fully saturated rings. The van der Waals surface area contributed by atoms with Crippen LogP contribution < -0.4 is 4.90 Å². The number of carboxylic acids is 1. The number of carboxylic acid groups (broad SMARTS) is 1. The Morgan fingerprint density at radius 1 is 1.19 bits per heavy atom. The maximum absolute atomic E-state index is 13.1. The molecule has 7 heteroatoms. The Balaban J connectivity index is 1.78. The highest BCUT2D eigenvalue weighted by Gasteiger charge is 2.27. The summed E-state index contributed by atoms with van der Waals surface area (Å²) in [6.07, 6.45) is 1.37. The van der Waals surface area contributed by atoms with E-state index in [0.717, 1.165) is 17.5 Å². The summed E-state index contributed by atoms with van der Waals surface area (Å²) >= 11 is 0. The van der Waals surface area contributed by atoms with E-state index in [1.54, 1.807) is 40.9 Å². The first kappa shape index (κ1) is 16.3. The number of hydrogen-bond acceptors (Lipinski definition) is 4. The monoisotopic (exact) mass is 350 g/mol. The number of anilines is 1. The van der Waals surface area contributed by atoms with Gasteiger partial charge < -0.3 is 10.0 Å². The average Bonchev–Trinajstić information content (AvgIpc) is 2.93. The lowest BCUT2D eigenvalue weighted by atomic mass is 9.96. The fourth-order valence-corrected chi connectivity index (χ4v) is 3.60. The molecule has 0 saturated carbocycles. The van der Waals surface area contributed by atoms with Gasteiger partial charge in [-0.15, -0.1) is 0 Å². The lowest BCUT2D eigenvalue weighted by molar-refractivity contribution is 0.0695. The van der Waals surface area contributed by atoms with Crippen molar-refractivity contribution in [2.75, 3.05) is 11.4 Å². The molecule has 0 spiro atoms. The molecule has 0 radical (unpaired) electrons. The zero-order valence-corrected chi connectivity index (χ0v) is 14.6. The van der Waals surface area contributed by atoms with Crippen LogP contribution in [0.2, 0.25) is 0 Å². The first-order valence-corrected chi connectivity index (χ1v) is 8.45. The first-order valence-electron chi connectivity index (χ1n) is 8.45. The summed E-state index contributed by atoms with van der Waals surface area (Å²) < 4.78 is 1.66. The van der Waals surface area contributed by atoms with Crippen molar-refractivity contribution in [3.8, 4) is 0 Å². The number of carbonyl (C=O) groups excluding carboxylic acids is 1. The van der Waals surface area contributed by atoms with E-state index in [9.17, 15) is 14.7 Å². The molecule has 0 aliphatic carbocycles. The Bertz CT molecular complexity index is 1050. The number of aromatic carboxylic acids is 1. The second-order valence-electron chi connectivity index (χ2n) is 6.45. The second kappa shape index (κ2) is 5.94. The summed E-state index contributed by atoms with van der Waals surface area (Å²) in [5.41, 5.74) is 3.47. The van der Waals surface area contributed by atoms with Crippen LogP contribution in [0.25, 0.3) is 11.0 Å². The highest BCUT2D eigenvalue weighted by Crippen LogP contribution is 2.31. The van der Waals surface area contributed by atoms with Crippen molar-refractivity contribution in [3.05, 3.63) is 52.8 Å². The summed E-state index contributed by atoms with van der Waals surface area (Å²) in [6.45, 7) is 2.44. The lowest BCUT2D eigenvalue weighted by Crippen LogP contribution is -2.36. The number of aryl methyl sites for hydroxylation is 2. The number of hydrogen-bond donors (Lipinski definition) is 1. The van der Waals surface area contributed by atoms with E-state index in [0.29, 0.717) is 35.6 Å². The van der Waals surface area contributed by atoms with Gasteiger partial charge in [0, 0.05) is 24.7 Å². The van der Waals surface area contributed by atoms with Gasteiger partial charge in [-0.1, -0.05) is 6.07 Å². The van der Waals surface area contributed by atoms with Gasteiger partial charge in [0.05, 0.1) is 11.3 Å². The van der Waals surface area contributed by atoms with Crippen LogP contribution in [0.1, 0.15) is 38.5 Å². The zero-order valence-electron chi connectivity index (χ0n) is 14.6. The van der Waals surface area contributed by atoms with Gasteiger partial charge in [-0.3, -0.25) is 9.48 Å². The third-order valence-corrected chi connectivity index (χ3v) is 4.82. The number of fused-ring (bicyclic) bond motifs is 2. The smallest absolute Gasteiger partial charge is 0.336 e. The molecule has 0 unspecified atom stereocenters. The van der Waals surface area contributed by atoms with Gasteiger partial charge >= 0.3 is 5.97 Å². The Labute approximate surface area is 149 Å². The summed E-state index contributed by atoms with van der Waals surface area (Å²) in [6, 6.07) is 8.61. The molecule has 1 aromatic carbocycles. The van der Waals surface area contributed by atoms with Crippen molar-refractivity contribution >= 4 is 28.6 Å². The summed E-state index contributed by atoms with van der Waals surface area (Å²) in [5, 5.41) is 14.7. The van der Waals surface area contributed by atoms with Crippen molar-refractivity contribution in [1.82, 2.24) is 14.8 Å². The molecule has 3 heterocycles. The third kappa shape index (κ3) is 2.44. The number of rotatable bonds is 2. The molecule has 1 aliphatic rings. The molecule has 0 bridgehead atoms. The molecule has 1 aliphatic heterocycles. The maximum Gasteiger partial charge on any atom is 0.336 e. The number of benzene rings is 1. The van der Waals surface area contributed by atoms with Gasteiger partial charge in [-0.2, -0.15) is 5.10 Å².